The minimum absolute atomic E-state index is 0.0986. The Bertz CT molecular complexity index is 295. The SMILES string of the molecule is CC(=O)C(N)c1ccc(CO)nc1. The van der Waals surface area contributed by atoms with Crippen molar-refractivity contribution in [3.63, 3.8) is 0 Å². The van der Waals surface area contributed by atoms with Crippen LogP contribution < -0.4 is 5.73 Å². The quantitative estimate of drug-likeness (QED) is 0.694. The number of ketones is 1. The zero-order valence-electron chi connectivity index (χ0n) is 7.40. The van der Waals surface area contributed by atoms with Crippen molar-refractivity contribution >= 4 is 5.78 Å². The average molecular weight is 180 g/mol. The van der Waals surface area contributed by atoms with Gasteiger partial charge in [-0.3, -0.25) is 9.78 Å². The van der Waals surface area contributed by atoms with Crippen LogP contribution in [0.1, 0.15) is 24.2 Å². The maximum absolute atomic E-state index is 10.9. The molecule has 0 bridgehead atoms. The number of carbonyl (C=O) groups is 1. The lowest BCUT2D eigenvalue weighted by Crippen LogP contribution is -2.18. The molecule has 0 fully saturated rings. The van der Waals surface area contributed by atoms with Crippen molar-refractivity contribution in [3.8, 4) is 0 Å². The summed E-state index contributed by atoms with van der Waals surface area (Å²) in [5, 5.41) is 8.72. The van der Waals surface area contributed by atoms with Crippen LogP contribution in [0.4, 0.5) is 0 Å². The van der Waals surface area contributed by atoms with E-state index in [2.05, 4.69) is 4.98 Å². The molecule has 0 aliphatic rings. The van der Waals surface area contributed by atoms with Crippen molar-refractivity contribution < 1.29 is 9.90 Å². The lowest BCUT2D eigenvalue weighted by Gasteiger charge is -2.07. The van der Waals surface area contributed by atoms with Gasteiger partial charge >= 0.3 is 0 Å². The Labute approximate surface area is 76.4 Å². The molecule has 0 aliphatic heterocycles. The van der Waals surface area contributed by atoms with E-state index in [4.69, 9.17) is 10.8 Å². The molecule has 4 nitrogen and oxygen atoms in total. The van der Waals surface area contributed by atoms with Gasteiger partial charge in [-0.15, -0.1) is 0 Å². The van der Waals surface area contributed by atoms with Gasteiger partial charge in [-0.2, -0.15) is 0 Å². The number of carbonyl (C=O) groups excluding carboxylic acids is 1. The minimum atomic E-state index is -0.611. The predicted molar refractivity (Wildman–Crippen MR) is 47.8 cm³/mol. The maximum Gasteiger partial charge on any atom is 0.151 e. The molecule has 1 atom stereocenters. The number of pyridine rings is 1. The summed E-state index contributed by atoms with van der Waals surface area (Å²) in [6.45, 7) is 1.33. The molecule has 0 spiro atoms. The highest BCUT2D eigenvalue weighted by molar-refractivity contribution is 5.82. The van der Waals surface area contributed by atoms with Crippen LogP contribution in [0.15, 0.2) is 18.3 Å². The van der Waals surface area contributed by atoms with E-state index < -0.39 is 6.04 Å². The van der Waals surface area contributed by atoms with Gasteiger partial charge in [-0.25, -0.2) is 0 Å². The standard InChI is InChI=1S/C9H12N2O2/c1-6(13)9(10)7-2-3-8(5-12)11-4-7/h2-4,9,12H,5,10H2,1H3. The zero-order chi connectivity index (χ0) is 9.84. The van der Waals surface area contributed by atoms with E-state index in [1.165, 1.54) is 13.1 Å². The summed E-state index contributed by atoms with van der Waals surface area (Å²) in [7, 11) is 0. The average Bonchev–Trinajstić information content (AvgIpc) is 2.17. The first-order valence-electron chi connectivity index (χ1n) is 3.97. The van der Waals surface area contributed by atoms with Crippen molar-refractivity contribution in [2.45, 2.75) is 19.6 Å². The van der Waals surface area contributed by atoms with Crippen molar-refractivity contribution in [2.75, 3.05) is 0 Å². The fourth-order valence-corrected chi connectivity index (χ4v) is 0.948. The molecule has 1 rings (SSSR count). The molecule has 3 N–H and O–H groups in total. The largest absolute Gasteiger partial charge is 0.390 e. The number of hydrogen-bond acceptors (Lipinski definition) is 4. The first-order chi connectivity index (χ1) is 6.15. The van der Waals surface area contributed by atoms with Crippen LogP contribution in [-0.4, -0.2) is 15.9 Å². The van der Waals surface area contributed by atoms with Crippen LogP contribution in [0.25, 0.3) is 0 Å². The third-order valence-electron chi connectivity index (χ3n) is 1.81. The highest BCUT2D eigenvalue weighted by Crippen LogP contribution is 2.09. The Kier molecular flexibility index (Phi) is 3.11. The third kappa shape index (κ3) is 2.34. The van der Waals surface area contributed by atoms with Crippen molar-refractivity contribution in [3.05, 3.63) is 29.6 Å². The fourth-order valence-electron chi connectivity index (χ4n) is 0.948. The van der Waals surface area contributed by atoms with Gasteiger partial charge in [0.1, 0.15) is 0 Å². The summed E-state index contributed by atoms with van der Waals surface area (Å²) in [5.41, 5.74) is 6.82. The van der Waals surface area contributed by atoms with Crippen LogP contribution in [0.2, 0.25) is 0 Å². The summed E-state index contributed by atoms with van der Waals surface area (Å²) in [4.78, 5) is 14.8. The van der Waals surface area contributed by atoms with Crippen LogP contribution in [-0.2, 0) is 11.4 Å². The summed E-state index contributed by atoms with van der Waals surface area (Å²) in [6.07, 6.45) is 1.51. The molecule has 0 radical (unpaired) electrons. The minimum Gasteiger partial charge on any atom is -0.390 e. The van der Waals surface area contributed by atoms with Gasteiger partial charge in [0.25, 0.3) is 0 Å². The van der Waals surface area contributed by atoms with Gasteiger partial charge in [-0.1, -0.05) is 6.07 Å². The monoisotopic (exact) mass is 180 g/mol. The molecule has 0 saturated heterocycles. The molecule has 4 heteroatoms. The zero-order valence-corrected chi connectivity index (χ0v) is 7.40. The number of aliphatic hydroxyl groups is 1. The molecule has 1 unspecified atom stereocenters. The Morgan fingerprint density at radius 3 is 2.77 bits per heavy atom. The Morgan fingerprint density at radius 2 is 2.38 bits per heavy atom. The van der Waals surface area contributed by atoms with E-state index in [9.17, 15) is 4.79 Å². The number of rotatable bonds is 3. The first-order valence-corrected chi connectivity index (χ1v) is 3.97. The van der Waals surface area contributed by atoms with Crippen molar-refractivity contribution in [2.24, 2.45) is 5.73 Å². The third-order valence-corrected chi connectivity index (χ3v) is 1.81. The Balaban J connectivity index is 2.85. The Hall–Kier alpha value is -1.26. The highest BCUT2D eigenvalue weighted by Gasteiger charge is 2.10. The molecule has 0 aromatic carbocycles. The van der Waals surface area contributed by atoms with Crippen LogP contribution >= 0.6 is 0 Å². The van der Waals surface area contributed by atoms with Gasteiger partial charge in [-0.05, 0) is 18.6 Å². The van der Waals surface area contributed by atoms with E-state index in [0.29, 0.717) is 11.3 Å². The van der Waals surface area contributed by atoms with Gasteiger partial charge in [0.05, 0.1) is 18.3 Å². The maximum atomic E-state index is 10.9. The molecular weight excluding hydrogens is 168 g/mol. The second-order valence-electron chi connectivity index (χ2n) is 2.83. The lowest BCUT2D eigenvalue weighted by molar-refractivity contribution is -0.118. The number of hydrogen-bond donors (Lipinski definition) is 2. The van der Waals surface area contributed by atoms with E-state index in [-0.39, 0.29) is 12.4 Å². The summed E-state index contributed by atoms with van der Waals surface area (Å²) in [5.74, 6) is -0.0986. The molecule has 1 aromatic heterocycles. The summed E-state index contributed by atoms with van der Waals surface area (Å²) in [6, 6.07) is 2.74. The topological polar surface area (TPSA) is 76.2 Å². The van der Waals surface area contributed by atoms with Gasteiger partial charge in [0.15, 0.2) is 5.78 Å². The number of aliphatic hydroxyl groups excluding tert-OH is 1. The second-order valence-corrected chi connectivity index (χ2v) is 2.83. The number of Topliss-reactive ketones (excluding diaryl/α,β-unsaturated/α-hetero) is 1. The van der Waals surface area contributed by atoms with E-state index in [1.807, 2.05) is 0 Å². The van der Waals surface area contributed by atoms with Crippen LogP contribution in [0, 0.1) is 0 Å². The van der Waals surface area contributed by atoms with E-state index >= 15 is 0 Å². The van der Waals surface area contributed by atoms with Gasteiger partial charge in [0, 0.05) is 6.20 Å². The van der Waals surface area contributed by atoms with E-state index in [1.54, 1.807) is 12.1 Å². The normalized spacial score (nSPS) is 12.5. The van der Waals surface area contributed by atoms with Gasteiger partial charge in [0.2, 0.25) is 0 Å². The molecule has 70 valence electrons. The number of nitrogens with two attached hydrogens (primary N) is 1. The molecular formula is C9H12N2O2. The first kappa shape index (κ1) is 9.83. The van der Waals surface area contributed by atoms with Crippen LogP contribution in [0.5, 0.6) is 0 Å². The highest BCUT2D eigenvalue weighted by atomic mass is 16.3. The Morgan fingerprint density at radius 1 is 1.69 bits per heavy atom. The molecule has 0 amide bonds. The summed E-state index contributed by atoms with van der Waals surface area (Å²) >= 11 is 0. The fraction of sp³-hybridized carbons (Fsp3) is 0.333. The van der Waals surface area contributed by atoms with Crippen LogP contribution in [0.3, 0.4) is 0 Å². The summed E-state index contributed by atoms with van der Waals surface area (Å²) < 4.78 is 0. The van der Waals surface area contributed by atoms with E-state index in [0.717, 1.165) is 0 Å². The van der Waals surface area contributed by atoms with Gasteiger partial charge < -0.3 is 10.8 Å². The number of aromatic nitrogens is 1. The molecule has 0 saturated carbocycles. The smallest absolute Gasteiger partial charge is 0.151 e. The lowest BCUT2D eigenvalue weighted by atomic mass is 10.1. The van der Waals surface area contributed by atoms with Crippen molar-refractivity contribution in [1.82, 2.24) is 4.98 Å². The van der Waals surface area contributed by atoms with Crippen molar-refractivity contribution in [1.29, 1.82) is 0 Å². The molecule has 0 aliphatic carbocycles. The number of nitrogens with zero attached hydrogens (tertiary/aromatic N) is 1. The predicted octanol–water partition coefficient (Wildman–Crippen LogP) is 0.163. The molecule has 1 aromatic rings. The molecule has 1 heterocycles. The second kappa shape index (κ2) is 4.11. The molecule has 13 heavy (non-hydrogen) atoms.